The van der Waals surface area contributed by atoms with Gasteiger partial charge in [-0.2, -0.15) is 0 Å². The summed E-state index contributed by atoms with van der Waals surface area (Å²) in [5.74, 6) is 0.280. The lowest BCUT2D eigenvalue weighted by molar-refractivity contribution is -0.120. The molecule has 1 aromatic heterocycles. The molecule has 0 unspecified atom stereocenters. The molecule has 4 nitrogen and oxygen atoms in total. The van der Waals surface area contributed by atoms with Gasteiger partial charge in [-0.25, -0.2) is 0 Å². The third kappa shape index (κ3) is 1.50. The quantitative estimate of drug-likeness (QED) is 0.699. The summed E-state index contributed by atoms with van der Waals surface area (Å²) in [6.45, 7) is 1.81. The molecule has 0 aliphatic rings. The summed E-state index contributed by atoms with van der Waals surface area (Å²) in [5.41, 5.74) is 0.738. The van der Waals surface area contributed by atoms with Gasteiger partial charge >= 0.3 is 0 Å². The van der Waals surface area contributed by atoms with Gasteiger partial charge in [-0.05, 0) is 12.1 Å². The van der Waals surface area contributed by atoms with Crippen molar-refractivity contribution in [2.75, 3.05) is 0 Å². The van der Waals surface area contributed by atoms with Crippen LogP contribution in [0.25, 0.3) is 10.9 Å². The van der Waals surface area contributed by atoms with Crippen LogP contribution in [0.5, 0.6) is 5.75 Å². The van der Waals surface area contributed by atoms with E-state index in [1.807, 2.05) is 12.1 Å². The van der Waals surface area contributed by atoms with Crippen LogP contribution in [0.1, 0.15) is 11.7 Å². The largest absolute Gasteiger partial charge is 0.426 e. The van der Waals surface area contributed by atoms with Crippen molar-refractivity contribution in [2.24, 2.45) is 0 Å². The predicted molar refractivity (Wildman–Crippen MR) is 54.9 cm³/mol. The highest BCUT2D eigenvalue weighted by Gasteiger charge is 2.10. The van der Waals surface area contributed by atoms with Gasteiger partial charge in [-0.3, -0.25) is 14.2 Å². The molecule has 0 N–H and O–H groups in total. The maximum atomic E-state index is 11.3. The molecule has 1 heterocycles. The Hall–Kier alpha value is -2.10. The summed E-state index contributed by atoms with van der Waals surface area (Å²) in [4.78, 5) is 21.6. The van der Waals surface area contributed by atoms with Gasteiger partial charge in [0.1, 0.15) is 0 Å². The highest BCUT2D eigenvalue weighted by atomic mass is 16.5. The van der Waals surface area contributed by atoms with Crippen LogP contribution >= 0.6 is 0 Å². The average molecular weight is 203 g/mol. The molecule has 0 saturated carbocycles. The third-order valence-corrected chi connectivity index (χ3v) is 2.19. The molecule has 0 atom stereocenters. The molecule has 4 heteroatoms. The van der Waals surface area contributed by atoms with Gasteiger partial charge in [0.25, 0.3) is 6.47 Å². The van der Waals surface area contributed by atoms with E-state index < -0.39 is 0 Å². The number of para-hydroxylation sites is 1. The van der Waals surface area contributed by atoms with Crippen LogP contribution in [0.3, 0.4) is 0 Å². The first-order valence-electron chi connectivity index (χ1n) is 4.45. The van der Waals surface area contributed by atoms with E-state index in [1.165, 1.54) is 17.7 Å². The molecular weight excluding hydrogens is 194 g/mol. The number of carbonyl (C=O) groups is 2. The Labute approximate surface area is 86.1 Å². The van der Waals surface area contributed by atoms with E-state index in [0.29, 0.717) is 12.2 Å². The highest BCUT2D eigenvalue weighted by molar-refractivity contribution is 5.95. The number of rotatable bonds is 2. The fourth-order valence-electron chi connectivity index (χ4n) is 1.55. The van der Waals surface area contributed by atoms with E-state index in [2.05, 4.69) is 0 Å². The molecule has 0 aliphatic carbocycles. The van der Waals surface area contributed by atoms with Gasteiger partial charge in [-0.15, -0.1) is 0 Å². The maximum absolute atomic E-state index is 11.3. The monoisotopic (exact) mass is 203 g/mol. The van der Waals surface area contributed by atoms with Crippen molar-refractivity contribution in [1.29, 1.82) is 0 Å². The predicted octanol–water partition coefficient (Wildman–Crippen LogP) is 1.84. The summed E-state index contributed by atoms with van der Waals surface area (Å²) in [6.07, 6.45) is 1.52. The number of nitrogens with zero attached hydrogens (tertiary/aromatic N) is 1. The first-order chi connectivity index (χ1) is 7.24. The summed E-state index contributed by atoms with van der Waals surface area (Å²) >= 11 is 0. The number of aromatic nitrogens is 1. The van der Waals surface area contributed by atoms with Gasteiger partial charge < -0.3 is 4.74 Å². The van der Waals surface area contributed by atoms with Crippen LogP contribution in [-0.4, -0.2) is 16.9 Å². The van der Waals surface area contributed by atoms with Crippen molar-refractivity contribution in [3.63, 3.8) is 0 Å². The van der Waals surface area contributed by atoms with E-state index >= 15 is 0 Å². The van der Waals surface area contributed by atoms with Crippen LogP contribution in [0.2, 0.25) is 0 Å². The SMILES string of the molecule is CC(=O)n1cc(OC=O)c2ccccc21. The number of hydrogen-bond donors (Lipinski definition) is 0. The standard InChI is InChI=1S/C11H9NO3/c1-8(14)12-6-11(15-7-13)9-4-2-3-5-10(9)12/h2-7H,1H3. The molecule has 0 amide bonds. The topological polar surface area (TPSA) is 48.3 Å². The van der Waals surface area contributed by atoms with Crippen molar-refractivity contribution in [3.8, 4) is 5.75 Å². The van der Waals surface area contributed by atoms with Crippen LogP contribution in [0.15, 0.2) is 30.5 Å². The molecule has 0 saturated heterocycles. The molecule has 2 rings (SSSR count). The molecule has 0 spiro atoms. The first kappa shape index (κ1) is 9.45. The first-order valence-corrected chi connectivity index (χ1v) is 4.45. The fourth-order valence-corrected chi connectivity index (χ4v) is 1.55. The minimum Gasteiger partial charge on any atom is -0.426 e. The number of benzene rings is 1. The second-order valence-corrected chi connectivity index (χ2v) is 3.11. The molecule has 1 aromatic carbocycles. The van der Waals surface area contributed by atoms with Crippen molar-refractivity contribution in [3.05, 3.63) is 30.5 Å². The van der Waals surface area contributed by atoms with Crippen molar-refractivity contribution < 1.29 is 14.3 Å². The fraction of sp³-hybridized carbons (Fsp3) is 0.0909. The van der Waals surface area contributed by atoms with Crippen LogP contribution in [0, 0.1) is 0 Å². The van der Waals surface area contributed by atoms with Crippen molar-refractivity contribution in [1.82, 2.24) is 4.57 Å². The Bertz CT molecular complexity index is 528. The molecule has 2 aromatic rings. The van der Waals surface area contributed by atoms with E-state index in [1.54, 1.807) is 12.1 Å². The maximum Gasteiger partial charge on any atom is 0.298 e. The molecule has 0 fully saturated rings. The Morgan fingerprint density at radius 2 is 2.13 bits per heavy atom. The minimum absolute atomic E-state index is 0.119. The summed E-state index contributed by atoms with van der Waals surface area (Å²) < 4.78 is 6.25. The normalized spacial score (nSPS) is 10.2. The summed E-state index contributed by atoms with van der Waals surface area (Å²) in [6, 6.07) is 7.25. The zero-order chi connectivity index (χ0) is 10.8. The molecular formula is C11H9NO3. The zero-order valence-electron chi connectivity index (χ0n) is 8.14. The molecule has 0 bridgehead atoms. The highest BCUT2D eigenvalue weighted by Crippen LogP contribution is 2.27. The van der Waals surface area contributed by atoms with Crippen molar-refractivity contribution in [2.45, 2.75) is 6.92 Å². The Morgan fingerprint density at radius 3 is 2.80 bits per heavy atom. The molecule has 0 aliphatic heterocycles. The Kier molecular flexibility index (Phi) is 2.25. The van der Waals surface area contributed by atoms with Crippen LogP contribution in [0.4, 0.5) is 0 Å². The summed E-state index contributed by atoms with van der Waals surface area (Å²) in [7, 11) is 0. The third-order valence-electron chi connectivity index (χ3n) is 2.19. The van der Waals surface area contributed by atoms with Gasteiger partial charge in [0.2, 0.25) is 5.91 Å². The van der Waals surface area contributed by atoms with E-state index in [-0.39, 0.29) is 5.91 Å². The second-order valence-electron chi connectivity index (χ2n) is 3.11. The lowest BCUT2D eigenvalue weighted by Crippen LogP contribution is -2.02. The van der Waals surface area contributed by atoms with Crippen molar-refractivity contribution >= 4 is 23.3 Å². The Morgan fingerprint density at radius 1 is 1.40 bits per heavy atom. The molecule has 0 radical (unpaired) electrons. The average Bonchev–Trinajstić information content (AvgIpc) is 2.59. The van der Waals surface area contributed by atoms with Gasteiger partial charge in [0.15, 0.2) is 5.75 Å². The number of hydrogen-bond acceptors (Lipinski definition) is 3. The van der Waals surface area contributed by atoms with E-state index in [9.17, 15) is 9.59 Å². The number of fused-ring (bicyclic) bond motifs is 1. The lowest BCUT2D eigenvalue weighted by atomic mass is 10.2. The zero-order valence-corrected chi connectivity index (χ0v) is 8.14. The smallest absolute Gasteiger partial charge is 0.298 e. The molecule has 15 heavy (non-hydrogen) atoms. The minimum atomic E-state index is -0.119. The van der Waals surface area contributed by atoms with E-state index in [0.717, 1.165) is 10.9 Å². The summed E-state index contributed by atoms with van der Waals surface area (Å²) in [5, 5.41) is 0.750. The van der Waals surface area contributed by atoms with Gasteiger partial charge in [0, 0.05) is 12.3 Å². The van der Waals surface area contributed by atoms with Gasteiger partial charge in [-0.1, -0.05) is 12.1 Å². The molecule has 76 valence electrons. The number of ether oxygens (including phenoxy) is 1. The van der Waals surface area contributed by atoms with Crippen LogP contribution in [-0.2, 0) is 4.79 Å². The van der Waals surface area contributed by atoms with E-state index in [4.69, 9.17) is 4.74 Å². The van der Waals surface area contributed by atoms with Crippen LogP contribution < -0.4 is 4.74 Å². The van der Waals surface area contributed by atoms with Gasteiger partial charge in [0.05, 0.1) is 11.7 Å². The Balaban J connectivity index is 2.72. The number of carbonyl (C=O) groups excluding carboxylic acids is 2. The lowest BCUT2D eigenvalue weighted by Gasteiger charge is -1.96. The second kappa shape index (κ2) is 3.57.